The summed E-state index contributed by atoms with van der Waals surface area (Å²) in [5.41, 5.74) is 4.83. The van der Waals surface area contributed by atoms with Crippen LogP contribution in [0.1, 0.15) is 44.8 Å². The standard InChI is InChI=1S/C24H25F2N3OS2/c1-13-14-5-2-3-8-19(14)32-23(13)29-24(30)28-11-17-15-9-10-27-12-20(15)31-22(17)16-6-4-7-18(25)21(16)26/h4,6-7,27H,2-3,5,8-12H2,1H3,(H2,28,29,30). The van der Waals surface area contributed by atoms with Crippen molar-refractivity contribution in [1.29, 1.82) is 0 Å². The quantitative estimate of drug-likeness (QED) is 0.441. The lowest BCUT2D eigenvalue weighted by Gasteiger charge is -2.15. The number of amides is 2. The van der Waals surface area contributed by atoms with E-state index in [1.807, 2.05) is 0 Å². The van der Waals surface area contributed by atoms with E-state index in [-0.39, 0.29) is 18.1 Å². The first-order valence-electron chi connectivity index (χ1n) is 11.0. The van der Waals surface area contributed by atoms with Crippen molar-refractivity contribution in [3.8, 4) is 10.4 Å². The van der Waals surface area contributed by atoms with Gasteiger partial charge in [-0.25, -0.2) is 13.6 Å². The number of anilines is 1. The third-order valence-corrected chi connectivity index (χ3v) is 8.94. The van der Waals surface area contributed by atoms with Gasteiger partial charge in [-0.05, 0) is 73.9 Å². The van der Waals surface area contributed by atoms with E-state index >= 15 is 0 Å². The van der Waals surface area contributed by atoms with Gasteiger partial charge >= 0.3 is 6.03 Å². The first kappa shape index (κ1) is 21.6. The summed E-state index contributed by atoms with van der Waals surface area (Å²) < 4.78 is 28.5. The molecule has 1 aromatic carbocycles. The summed E-state index contributed by atoms with van der Waals surface area (Å²) >= 11 is 3.15. The summed E-state index contributed by atoms with van der Waals surface area (Å²) in [5.74, 6) is -1.70. The zero-order chi connectivity index (χ0) is 22.2. The number of carbonyl (C=O) groups excluding carboxylic acids is 1. The van der Waals surface area contributed by atoms with Crippen LogP contribution >= 0.6 is 22.7 Å². The Morgan fingerprint density at radius 3 is 2.78 bits per heavy atom. The van der Waals surface area contributed by atoms with Crippen LogP contribution in [0, 0.1) is 18.6 Å². The van der Waals surface area contributed by atoms with E-state index in [1.54, 1.807) is 17.4 Å². The molecule has 168 valence electrons. The van der Waals surface area contributed by atoms with Crippen LogP contribution in [-0.4, -0.2) is 12.6 Å². The van der Waals surface area contributed by atoms with Gasteiger partial charge in [0.05, 0.1) is 5.00 Å². The van der Waals surface area contributed by atoms with Gasteiger partial charge in [0, 0.05) is 33.3 Å². The number of carbonyl (C=O) groups is 1. The fraction of sp³-hybridized carbons (Fsp3) is 0.375. The Labute approximate surface area is 194 Å². The normalized spacial score (nSPS) is 15.2. The molecular formula is C24H25F2N3OS2. The van der Waals surface area contributed by atoms with Gasteiger partial charge in [-0.2, -0.15) is 0 Å². The predicted molar refractivity (Wildman–Crippen MR) is 127 cm³/mol. The van der Waals surface area contributed by atoms with Crippen molar-refractivity contribution in [1.82, 2.24) is 10.6 Å². The van der Waals surface area contributed by atoms with Gasteiger partial charge in [0.25, 0.3) is 0 Å². The molecule has 0 radical (unpaired) electrons. The lowest BCUT2D eigenvalue weighted by atomic mass is 9.96. The maximum atomic E-state index is 14.6. The lowest BCUT2D eigenvalue weighted by Crippen LogP contribution is -2.29. The minimum Gasteiger partial charge on any atom is -0.334 e. The molecule has 0 saturated heterocycles. The van der Waals surface area contributed by atoms with Crippen LogP contribution < -0.4 is 16.0 Å². The number of hydrogen-bond acceptors (Lipinski definition) is 4. The molecule has 0 unspecified atom stereocenters. The van der Waals surface area contributed by atoms with Crippen LogP contribution in [0.5, 0.6) is 0 Å². The minimum atomic E-state index is -0.860. The Morgan fingerprint density at radius 2 is 1.94 bits per heavy atom. The van der Waals surface area contributed by atoms with Gasteiger partial charge in [0.1, 0.15) is 0 Å². The fourth-order valence-electron chi connectivity index (χ4n) is 4.64. The number of thiophene rings is 2. The first-order chi connectivity index (χ1) is 15.5. The Morgan fingerprint density at radius 1 is 1.09 bits per heavy atom. The number of aryl methyl sites for hydroxylation is 1. The monoisotopic (exact) mass is 473 g/mol. The third kappa shape index (κ3) is 3.95. The van der Waals surface area contributed by atoms with Gasteiger partial charge in [-0.3, -0.25) is 5.32 Å². The average molecular weight is 474 g/mol. The number of nitrogens with one attached hydrogen (secondary N) is 3. The average Bonchev–Trinajstić information content (AvgIpc) is 3.32. The topological polar surface area (TPSA) is 53.2 Å². The molecule has 2 amide bonds. The van der Waals surface area contributed by atoms with Crippen LogP contribution in [-0.2, 0) is 32.4 Å². The summed E-state index contributed by atoms with van der Waals surface area (Å²) in [4.78, 5) is 15.9. The highest BCUT2D eigenvalue weighted by Gasteiger charge is 2.25. The second-order valence-corrected chi connectivity index (χ2v) is 10.5. The third-order valence-electron chi connectivity index (χ3n) is 6.32. The van der Waals surface area contributed by atoms with Crippen molar-refractivity contribution < 1.29 is 13.6 Å². The molecule has 0 fully saturated rings. The van der Waals surface area contributed by atoms with Gasteiger partial charge in [0.2, 0.25) is 0 Å². The van der Waals surface area contributed by atoms with Crippen LogP contribution in [0.3, 0.4) is 0 Å². The SMILES string of the molecule is Cc1c(NC(=O)NCc2c(-c3cccc(F)c3F)sc3c2CCNC3)sc2c1CCCC2. The first-order valence-corrected chi connectivity index (χ1v) is 12.6. The van der Waals surface area contributed by atoms with E-state index in [0.717, 1.165) is 52.9 Å². The molecule has 3 aromatic rings. The predicted octanol–water partition coefficient (Wildman–Crippen LogP) is 5.91. The number of benzene rings is 1. The van der Waals surface area contributed by atoms with Crippen LogP contribution in [0.25, 0.3) is 10.4 Å². The summed E-state index contributed by atoms with van der Waals surface area (Å²) in [6.45, 7) is 3.88. The van der Waals surface area contributed by atoms with E-state index in [2.05, 4.69) is 22.9 Å². The number of halogens is 2. The summed E-state index contributed by atoms with van der Waals surface area (Å²) in [6.07, 6.45) is 5.38. The maximum Gasteiger partial charge on any atom is 0.320 e. The van der Waals surface area contributed by atoms with Crippen LogP contribution in [0.2, 0.25) is 0 Å². The highest BCUT2D eigenvalue weighted by atomic mass is 32.1. The number of rotatable bonds is 4. The zero-order valence-corrected chi connectivity index (χ0v) is 19.5. The number of hydrogen-bond donors (Lipinski definition) is 3. The molecule has 1 aliphatic heterocycles. The molecule has 5 rings (SSSR count). The molecule has 1 aliphatic carbocycles. The van der Waals surface area contributed by atoms with Crippen molar-refractivity contribution >= 4 is 33.7 Å². The molecular weight excluding hydrogens is 448 g/mol. The van der Waals surface area contributed by atoms with Crippen molar-refractivity contribution in [2.75, 3.05) is 11.9 Å². The summed E-state index contributed by atoms with van der Waals surface area (Å²) in [6, 6.07) is 3.98. The second-order valence-electron chi connectivity index (χ2n) is 8.31. The van der Waals surface area contributed by atoms with Crippen molar-refractivity contribution in [3.63, 3.8) is 0 Å². The van der Waals surface area contributed by atoms with Gasteiger partial charge < -0.3 is 10.6 Å². The van der Waals surface area contributed by atoms with Crippen molar-refractivity contribution in [2.24, 2.45) is 0 Å². The minimum absolute atomic E-state index is 0.253. The van der Waals surface area contributed by atoms with E-state index in [0.29, 0.717) is 11.4 Å². The zero-order valence-electron chi connectivity index (χ0n) is 17.9. The second kappa shape index (κ2) is 8.92. The Hall–Kier alpha value is -2.29. The highest BCUT2D eigenvalue weighted by molar-refractivity contribution is 7.16. The molecule has 32 heavy (non-hydrogen) atoms. The number of urea groups is 1. The Kier molecular flexibility index (Phi) is 6.01. The molecule has 0 spiro atoms. The molecule has 3 heterocycles. The molecule has 8 heteroatoms. The molecule has 2 aromatic heterocycles. The van der Waals surface area contributed by atoms with Gasteiger partial charge in [0.15, 0.2) is 11.6 Å². The van der Waals surface area contributed by atoms with E-state index in [9.17, 15) is 13.6 Å². The van der Waals surface area contributed by atoms with E-state index in [4.69, 9.17) is 0 Å². The van der Waals surface area contributed by atoms with Crippen molar-refractivity contribution in [3.05, 3.63) is 61.8 Å². The lowest BCUT2D eigenvalue weighted by molar-refractivity contribution is 0.252. The van der Waals surface area contributed by atoms with Gasteiger partial charge in [-0.1, -0.05) is 12.1 Å². The van der Waals surface area contributed by atoms with Crippen LogP contribution in [0.15, 0.2) is 18.2 Å². The molecule has 0 saturated carbocycles. The summed E-state index contributed by atoms with van der Waals surface area (Å²) in [5, 5.41) is 10.2. The maximum absolute atomic E-state index is 14.6. The van der Waals surface area contributed by atoms with E-state index in [1.165, 1.54) is 46.2 Å². The molecule has 0 atom stereocenters. The number of fused-ring (bicyclic) bond motifs is 2. The van der Waals surface area contributed by atoms with Crippen molar-refractivity contribution in [2.45, 2.75) is 52.1 Å². The Bertz CT molecular complexity index is 1180. The van der Waals surface area contributed by atoms with E-state index < -0.39 is 11.6 Å². The van der Waals surface area contributed by atoms with Gasteiger partial charge in [-0.15, -0.1) is 22.7 Å². The highest BCUT2D eigenvalue weighted by Crippen LogP contribution is 2.40. The summed E-state index contributed by atoms with van der Waals surface area (Å²) in [7, 11) is 0. The largest absolute Gasteiger partial charge is 0.334 e. The van der Waals surface area contributed by atoms with Crippen LogP contribution in [0.4, 0.5) is 18.6 Å². The molecule has 0 bridgehead atoms. The smallest absolute Gasteiger partial charge is 0.320 e. The Balaban J connectivity index is 1.38. The molecule has 3 N–H and O–H groups in total. The fourth-order valence-corrected chi connectivity index (χ4v) is 7.29. The molecule has 4 nitrogen and oxygen atoms in total. The molecule has 2 aliphatic rings.